The lowest BCUT2D eigenvalue weighted by Crippen LogP contribution is -2.49. The largest absolute Gasteiger partial charge is 0.398 e. The predicted octanol–water partition coefficient (Wildman–Crippen LogP) is 1.02. The van der Waals surface area contributed by atoms with E-state index in [0.717, 1.165) is 0 Å². The van der Waals surface area contributed by atoms with Crippen LogP contribution in [0, 0.1) is 0 Å². The summed E-state index contributed by atoms with van der Waals surface area (Å²) in [4.78, 5) is 25.5. The highest BCUT2D eigenvalue weighted by Crippen LogP contribution is 2.31. The summed E-state index contributed by atoms with van der Waals surface area (Å²) in [6, 6.07) is -5.87. The average Bonchev–Trinajstić information content (AvgIpc) is 2.81. The third-order valence-electron chi connectivity index (χ3n) is 2.58. The molecule has 2 amide bonds. The van der Waals surface area contributed by atoms with Gasteiger partial charge >= 0.3 is 0 Å². The number of carbonyl (C=O) groups excluding carboxylic acids is 2. The van der Waals surface area contributed by atoms with Gasteiger partial charge < -0.3 is 16.0 Å². The van der Waals surface area contributed by atoms with Crippen molar-refractivity contribution in [1.82, 2.24) is 10.2 Å². The number of benzene rings is 1. The number of nitrogens with two attached hydrogens (primary N) is 1. The number of hydrogen-bond donors (Lipinski definition) is 2. The molecule has 5 nitrogen and oxygen atoms in total. The maximum atomic E-state index is 13.0. The van der Waals surface area contributed by atoms with Crippen LogP contribution in [0.25, 0.3) is 0 Å². The SMILES string of the molecule is [2H]c1c([2H])c(N)c2c(c1[2H])C(=O)N([C@]1([2H])C(=O)NC(=C)C([2H])([2H])C1([2H])[2H])C2([2H])[2H]. The standard InChI is InChI=1S/C14H15N3O2/c1-8-5-6-12(13(18)16-8)17-7-10-9(14(17)19)3-2-4-11(10)15/h2-4,12H,1,5-7,15H2,(H,16,18)/t12-/m0/s1/i2D,3D,4D,5D2,6D2,7D2,12D. The number of piperidine rings is 1. The molecule has 0 unspecified atom stereocenters. The minimum absolute atomic E-state index is 0.127. The van der Waals surface area contributed by atoms with Gasteiger partial charge in [0.15, 0.2) is 0 Å². The number of nitrogens with zero attached hydrogens (tertiary/aromatic N) is 1. The van der Waals surface area contributed by atoms with Gasteiger partial charge in [-0.1, -0.05) is 12.6 Å². The number of rotatable bonds is 1. The number of allylic oxidation sites excluding steroid dienone is 1. The number of hydrogen-bond acceptors (Lipinski definition) is 3. The van der Waals surface area contributed by atoms with Gasteiger partial charge in [0.05, 0.1) is 8.22 Å². The Morgan fingerprint density at radius 3 is 3.16 bits per heavy atom. The molecule has 1 saturated heterocycles. The number of carbonyl (C=O) groups is 2. The molecule has 3 N–H and O–H groups in total. The van der Waals surface area contributed by atoms with Crippen LogP contribution < -0.4 is 11.1 Å². The zero-order chi connectivity index (χ0) is 22.5. The smallest absolute Gasteiger partial charge is 0.255 e. The van der Waals surface area contributed by atoms with Gasteiger partial charge in [-0.15, -0.1) is 0 Å². The molecular formula is C14H15N3O2. The summed E-state index contributed by atoms with van der Waals surface area (Å²) in [5.74, 6) is -3.04. The second-order valence-electron chi connectivity index (χ2n) is 3.82. The number of nitrogens with one attached hydrogen (secondary N) is 1. The van der Waals surface area contributed by atoms with Crippen LogP contribution in [0.2, 0.25) is 0 Å². The van der Waals surface area contributed by atoms with Crippen LogP contribution in [0.15, 0.2) is 30.4 Å². The van der Waals surface area contributed by atoms with Gasteiger partial charge in [0.25, 0.3) is 5.91 Å². The maximum absolute atomic E-state index is 13.0. The van der Waals surface area contributed by atoms with Crippen molar-refractivity contribution in [3.05, 3.63) is 41.5 Å². The zero-order valence-corrected chi connectivity index (χ0v) is 9.55. The topological polar surface area (TPSA) is 75.4 Å². The molecule has 98 valence electrons. The molecule has 0 aliphatic carbocycles. The Morgan fingerprint density at radius 2 is 2.37 bits per heavy atom. The normalized spacial score (nSPS) is 41.9. The fourth-order valence-electron chi connectivity index (χ4n) is 1.71. The summed E-state index contributed by atoms with van der Waals surface area (Å²) >= 11 is 0. The van der Waals surface area contributed by atoms with Crippen molar-refractivity contribution in [2.45, 2.75) is 25.3 Å². The van der Waals surface area contributed by atoms with Crippen LogP contribution in [0.5, 0.6) is 0 Å². The molecule has 0 spiro atoms. The Labute approximate surface area is 125 Å². The third kappa shape index (κ3) is 1.78. The predicted molar refractivity (Wildman–Crippen MR) is 71.0 cm³/mol. The first-order valence-electron chi connectivity index (χ1n) is 10.2. The van der Waals surface area contributed by atoms with E-state index >= 15 is 0 Å². The maximum Gasteiger partial charge on any atom is 0.255 e. The van der Waals surface area contributed by atoms with E-state index in [1.807, 2.05) is 5.32 Å². The van der Waals surface area contributed by atoms with E-state index in [1.165, 1.54) is 0 Å². The minimum atomic E-state index is -3.48. The van der Waals surface area contributed by atoms with Crippen molar-refractivity contribution in [3.63, 3.8) is 0 Å². The monoisotopic (exact) mass is 267 g/mol. The summed E-state index contributed by atoms with van der Waals surface area (Å²) in [7, 11) is 0. The second kappa shape index (κ2) is 4.12. The quantitative estimate of drug-likeness (QED) is 0.746. The Kier molecular flexibility index (Phi) is 1.08. The van der Waals surface area contributed by atoms with E-state index in [1.54, 1.807) is 0 Å². The van der Waals surface area contributed by atoms with E-state index in [0.29, 0.717) is 0 Å². The first kappa shape index (κ1) is 5.00. The number of amides is 2. The van der Waals surface area contributed by atoms with Gasteiger partial charge in [-0.2, -0.15) is 0 Å². The van der Waals surface area contributed by atoms with Gasteiger partial charge in [-0.25, -0.2) is 0 Å². The summed E-state index contributed by atoms with van der Waals surface area (Å²) < 4.78 is 80.7. The van der Waals surface area contributed by atoms with E-state index in [-0.39, 0.29) is 4.90 Å². The fraction of sp³-hybridized carbons (Fsp3) is 0.286. The lowest BCUT2D eigenvalue weighted by Gasteiger charge is -2.30. The van der Waals surface area contributed by atoms with E-state index in [2.05, 4.69) is 6.58 Å². The molecular weight excluding hydrogens is 242 g/mol. The Hall–Kier alpha value is -2.30. The Bertz CT molecular complexity index is 1010. The van der Waals surface area contributed by atoms with Crippen molar-refractivity contribution in [2.24, 2.45) is 0 Å². The molecule has 1 aromatic carbocycles. The lowest BCUT2D eigenvalue weighted by atomic mass is 10.0. The molecule has 19 heavy (non-hydrogen) atoms. The molecule has 0 aromatic heterocycles. The molecule has 2 aliphatic rings. The number of fused-ring (bicyclic) bond motifs is 1. The van der Waals surface area contributed by atoms with Gasteiger partial charge in [-0.05, 0) is 24.8 Å². The second-order valence-corrected chi connectivity index (χ2v) is 3.82. The molecule has 5 heteroatoms. The first-order chi connectivity index (χ1) is 13.0. The summed E-state index contributed by atoms with van der Waals surface area (Å²) in [6.07, 6.45) is -6.54. The van der Waals surface area contributed by atoms with Crippen LogP contribution in [0.1, 0.15) is 42.4 Å². The van der Waals surface area contributed by atoms with Gasteiger partial charge in [-0.3, -0.25) is 9.59 Å². The molecule has 1 aromatic rings. The van der Waals surface area contributed by atoms with Crippen LogP contribution in [-0.4, -0.2) is 22.7 Å². The molecule has 0 saturated carbocycles. The van der Waals surface area contributed by atoms with Crippen molar-refractivity contribution in [1.29, 1.82) is 0 Å². The molecule has 1 fully saturated rings. The van der Waals surface area contributed by atoms with Crippen LogP contribution in [0.3, 0.4) is 0 Å². The number of nitrogen functional groups attached to an aromatic ring is 1. The molecule has 0 radical (unpaired) electrons. The highest BCUT2D eigenvalue weighted by molar-refractivity contribution is 6.02. The molecule has 0 bridgehead atoms. The van der Waals surface area contributed by atoms with Gasteiger partial charge in [0.2, 0.25) is 5.91 Å². The van der Waals surface area contributed by atoms with Crippen molar-refractivity contribution >= 4 is 17.5 Å². The van der Waals surface area contributed by atoms with Crippen molar-refractivity contribution in [3.8, 4) is 0 Å². The van der Waals surface area contributed by atoms with Crippen molar-refractivity contribution < 1.29 is 23.3 Å². The third-order valence-corrected chi connectivity index (χ3v) is 2.58. The van der Waals surface area contributed by atoms with Crippen LogP contribution in [0.4, 0.5) is 5.69 Å². The first-order valence-corrected chi connectivity index (χ1v) is 5.22. The molecule has 3 rings (SSSR count). The van der Waals surface area contributed by atoms with E-state index in [9.17, 15) is 9.59 Å². The van der Waals surface area contributed by atoms with Crippen molar-refractivity contribution in [2.75, 3.05) is 5.73 Å². The fourth-order valence-corrected chi connectivity index (χ4v) is 1.71. The Morgan fingerprint density at radius 1 is 1.58 bits per heavy atom. The minimum Gasteiger partial charge on any atom is -0.398 e. The van der Waals surface area contributed by atoms with E-state index < -0.39 is 77.7 Å². The van der Waals surface area contributed by atoms with E-state index in [4.69, 9.17) is 19.4 Å². The number of anilines is 1. The zero-order valence-electron chi connectivity index (χ0n) is 19.5. The highest BCUT2D eigenvalue weighted by atomic mass is 16.2. The highest BCUT2D eigenvalue weighted by Gasteiger charge is 2.38. The summed E-state index contributed by atoms with van der Waals surface area (Å²) in [5.41, 5.74) is 2.80. The molecule has 2 heterocycles. The summed E-state index contributed by atoms with van der Waals surface area (Å²) in [6.45, 7) is 0.0686. The van der Waals surface area contributed by atoms with Crippen LogP contribution >= 0.6 is 0 Å². The Balaban J connectivity index is 2.37. The molecule has 2 aliphatic heterocycles. The molecule has 1 atom stereocenters. The van der Waals surface area contributed by atoms with Gasteiger partial charge in [0, 0.05) is 34.5 Å². The lowest BCUT2D eigenvalue weighted by molar-refractivity contribution is -0.126. The summed E-state index contributed by atoms with van der Waals surface area (Å²) in [5, 5.41) is 1.88. The van der Waals surface area contributed by atoms with Crippen LogP contribution in [-0.2, 0) is 11.3 Å². The van der Waals surface area contributed by atoms with Gasteiger partial charge in [0.1, 0.15) is 6.02 Å². The average molecular weight is 267 g/mol.